The lowest BCUT2D eigenvalue weighted by molar-refractivity contribution is 0.288. The van der Waals surface area contributed by atoms with Crippen LogP contribution in [0, 0.1) is 0 Å². The Morgan fingerprint density at radius 3 is 0.656 bits per heavy atom. The van der Waals surface area contributed by atoms with E-state index in [-0.39, 0.29) is 0 Å². The van der Waals surface area contributed by atoms with Crippen molar-refractivity contribution in [2.45, 2.75) is 55.4 Å². The minimum Gasteiger partial charge on any atom is -0.490 e. The van der Waals surface area contributed by atoms with Gasteiger partial charge in [0.05, 0.1) is 52.9 Å². The lowest BCUT2D eigenvalue weighted by Gasteiger charge is -2.12. The highest BCUT2D eigenvalue weighted by Crippen LogP contribution is 2.46. The van der Waals surface area contributed by atoms with Crippen LogP contribution in [0.3, 0.4) is 0 Å². The van der Waals surface area contributed by atoms with Crippen LogP contribution in [0.15, 0.2) is 48.5 Å². The van der Waals surface area contributed by atoms with Crippen molar-refractivity contribution < 1.29 is 37.9 Å². The van der Waals surface area contributed by atoms with Gasteiger partial charge in [-0.15, -0.1) is 0 Å². The molecule has 2 N–H and O–H groups in total. The molecule has 0 aliphatic carbocycles. The molecule has 0 spiro atoms. The molecule has 5 heterocycles. The van der Waals surface area contributed by atoms with E-state index in [0.717, 1.165) is 21.5 Å². The van der Waals surface area contributed by atoms with Crippen molar-refractivity contribution in [3.8, 4) is 91.5 Å². The number of hydrogen-bond donors (Lipinski definition) is 2. The fourth-order valence-electron chi connectivity index (χ4n) is 7.96. The van der Waals surface area contributed by atoms with Crippen molar-refractivity contribution >= 4 is 44.1 Å². The molecule has 2 aliphatic heterocycles. The van der Waals surface area contributed by atoms with E-state index in [4.69, 9.17) is 67.8 Å². The Bertz CT molecular complexity index is 2690. The molecule has 330 valence electrons. The predicted molar refractivity (Wildman–Crippen MR) is 245 cm³/mol. The van der Waals surface area contributed by atoms with Crippen molar-refractivity contribution in [1.29, 1.82) is 0 Å². The van der Waals surface area contributed by atoms with Gasteiger partial charge >= 0.3 is 0 Å². The lowest BCUT2D eigenvalue weighted by Crippen LogP contribution is -1.99. The smallest absolute Gasteiger partial charge is 0.164 e. The topological polar surface area (TPSA) is 183 Å². The van der Waals surface area contributed by atoms with Crippen molar-refractivity contribution in [3.05, 3.63) is 48.5 Å². The molecule has 0 amide bonds. The second-order valence-electron chi connectivity index (χ2n) is 14.5. The Morgan fingerprint density at radius 1 is 0.281 bits per heavy atom. The molecule has 64 heavy (non-hydrogen) atoms. The van der Waals surface area contributed by atoms with Crippen molar-refractivity contribution in [2.75, 3.05) is 52.9 Å². The maximum absolute atomic E-state index is 6.12. The molecule has 7 aromatic rings. The van der Waals surface area contributed by atoms with E-state index in [1.165, 1.54) is 0 Å². The minimum absolute atomic E-state index is 0.393. The van der Waals surface area contributed by atoms with Gasteiger partial charge in [-0.1, -0.05) is 0 Å². The van der Waals surface area contributed by atoms with Gasteiger partial charge in [0.25, 0.3) is 0 Å². The van der Waals surface area contributed by atoms with Gasteiger partial charge in [0, 0.05) is 43.8 Å². The first-order valence-electron chi connectivity index (χ1n) is 21.9. The van der Waals surface area contributed by atoms with Crippen LogP contribution in [0.2, 0.25) is 0 Å². The van der Waals surface area contributed by atoms with Gasteiger partial charge in [-0.2, -0.15) is 0 Å². The highest BCUT2D eigenvalue weighted by Gasteiger charge is 2.27. The fourth-order valence-corrected chi connectivity index (χ4v) is 7.96. The van der Waals surface area contributed by atoms with Crippen LogP contribution in [0.5, 0.6) is 46.0 Å². The van der Waals surface area contributed by atoms with Gasteiger partial charge in [-0.05, 0) is 104 Å². The van der Waals surface area contributed by atoms with Crippen LogP contribution < -0.4 is 37.9 Å². The lowest BCUT2D eigenvalue weighted by atomic mass is 10.1. The Kier molecular flexibility index (Phi) is 11.7. The first-order chi connectivity index (χ1) is 31.3. The van der Waals surface area contributed by atoms with Crippen molar-refractivity contribution in [3.63, 3.8) is 0 Å². The van der Waals surface area contributed by atoms with Crippen LogP contribution in [0.4, 0.5) is 0 Å². The highest BCUT2D eigenvalue weighted by atomic mass is 16.5. The molecule has 0 radical (unpaired) electrons. The second-order valence-corrected chi connectivity index (χ2v) is 14.5. The number of aromatic nitrogens is 8. The maximum atomic E-state index is 6.12. The molecule has 3 aromatic heterocycles. The largest absolute Gasteiger partial charge is 0.490 e. The van der Waals surface area contributed by atoms with Crippen LogP contribution in [-0.4, -0.2) is 92.7 Å². The monoisotopic (exact) mass is 866 g/mol. The first-order valence-corrected chi connectivity index (χ1v) is 21.9. The molecule has 16 heteroatoms. The molecule has 0 fully saturated rings. The van der Waals surface area contributed by atoms with Gasteiger partial charge in [-0.25, -0.2) is 29.9 Å². The summed E-state index contributed by atoms with van der Waals surface area (Å²) in [6.07, 6.45) is 0. The average molecular weight is 867 g/mol. The van der Waals surface area contributed by atoms with Gasteiger partial charge < -0.3 is 47.9 Å². The molecule has 8 bridgehead atoms. The number of benzene rings is 4. The summed E-state index contributed by atoms with van der Waals surface area (Å²) in [7, 11) is 0. The zero-order valence-electron chi connectivity index (χ0n) is 37.2. The Balaban J connectivity index is 1.47. The number of hydrogen-bond acceptors (Lipinski definition) is 14. The van der Waals surface area contributed by atoms with E-state index >= 15 is 0 Å². The van der Waals surface area contributed by atoms with E-state index in [0.29, 0.717) is 167 Å². The first kappa shape index (κ1) is 42.0. The number of rotatable bonds is 16. The summed E-state index contributed by atoms with van der Waals surface area (Å²) in [4.78, 5) is 38.3. The van der Waals surface area contributed by atoms with Gasteiger partial charge in [-0.3, -0.25) is 0 Å². The number of ether oxygens (including phenoxy) is 8. The Morgan fingerprint density at radius 2 is 0.469 bits per heavy atom. The number of aromatic amines is 2. The summed E-state index contributed by atoms with van der Waals surface area (Å²) in [5, 5.41) is 2.90. The fraction of sp³-hybridized carbons (Fsp3) is 0.333. The predicted octanol–water partition coefficient (Wildman–Crippen LogP) is 10.1. The van der Waals surface area contributed by atoms with E-state index in [2.05, 4.69) is 9.97 Å². The van der Waals surface area contributed by atoms with E-state index in [1.807, 2.05) is 104 Å². The summed E-state index contributed by atoms with van der Waals surface area (Å²) < 4.78 is 48.9. The van der Waals surface area contributed by atoms with E-state index in [1.54, 1.807) is 0 Å². The molecule has 0 saturated carbocycles. The van der Waals surface area contributed by atoms with E-state index < -0.39 is 0 Å². The molecule has 0 atom stereocenters. The number of nitrogens with zero attached hydrogens (tertiary/aromatic N) is 6. The third-order valence-corrected chi connectivity index (χ3v) is 10.5. The quantitative estimate of drug-likeness (QED) is 0.0935. The van der Waals surface area contributed by atoms with Crippen LogP contribution >= 0.6 is 0 Å². The summed E-state index contributed by atoms with van der Waals surface area (Å²) >= 11 is 0. The van der Waals surface area contributed by atoms with Gasteiger partial charge in [0.2, 0.25) is 0 Å². The zero-order valence-corrected chi connectivity index (χ0v) is 37.2. The third kappa shape index (κ3) is 7.51. The van der Waals surface area contributed by atoms with E-state index in [9.17, 15) is 0 Å². The molecule has 0 unspecified atom stereocenters. The van der Waals surface area contributed by atoms with Gasteiger partial charge in [0.1, 0.15) is 22.6 Å². The average Bonchev–Trinajstić information content (AvgIpc) is 3.99. The molecule has 4 aromatic carbocycles. The van der Waals surface area contributed by atoms with Crippen LogP contribution in [0.25, 0.3) is 89.7 Å². The van der Waals surface area contributed by atoms with Crippen LogP contribution in [-0.2, 0) is 0 Å². The maximum Gasteiger partial charge on any atom is 0.164 e. The van der Waals surface area contributed by atoms with Crippen molar-refractivity contribution in [1.82, 2.24) is 39.9 Å². The summed E-state index contributed by atoms with van der Waals surface area (Å²) in [6, 6.07) is 15.3. The highest BCUT2D eigenvalue weighted by molar-refractivity contribution is 6.08. The zero-order chi connectivity index (χ0) is 44.5. The molecule has 16 nitrogen and oxygen atoms in total. The second kappa shape index (κ2) is 17.8. The number of nitrogens with one attached hydrogen (secondary N) is 2. The summed E-state index contributed by atoms with van der Waals surface area (Å²) in [5.74, 6) is 6.08. The summed E-state index contributed by atoms with van der Waals surface area (Å²) in [5.41, 5.74) is 4.71. The molecular formula is C48H50N8O8. The SMILES string of the molecule is CCOc1cc2c(cc1OCC)-c1nc-2nc2[nH]c(nc3nc(nc4[nH]c(n1)c1cc(OCC)c(OCC)cc41)-c1cc(OCC)c(OCC)cc1-3)c1cc(OCC)c(OCC)cc21. The minimum atomic E-state index is 0.393. The third-order valence-electron chi connectivity index (χ3n) is 10.5. The molecule has 9 rings (SSSR count). The molecular weight excluding hydrogens is 817 g/mol. The molecule has 2 aliphatic rings. The summed E-state index contributed by atoms with van der Waals surface area (Å²) in [6.45, 7) is 18.9. The van der Waals surface area contributed by atoms with Crippen LogP contribution in [0.1, 0.15) is 55.4 Å². The van der Waals surface area contributed by atoms with Crippen molar-refractivity contribution in [2.24, 2.45) is 0 Å². The Labute approximate surface area is 369 Å². The molecule has 0 saturated heterocycles. The normalized spacial score (nSPS) is 11.6. The van der Waals surface area contributed by atoms with Gasteiger partial charge in [0.15, 0.2) is 69.3 Å². The number of fused-ring (bicyclic) bond motifs is 20. The Hall–Kier alpha value is -7.36. The standard InChI is InChI=1S/C48H50N8O8/c1-9-57-33-17-25-26(18-34(33)58-10-2)42-49-41(25)53-43-27-19-35(59-11-3)36(60-12-4)20-28(27)45(50-43)55-47-31-23-39(63-15-7)40(64-16-8)24-32(31)48(52-47)56-46-30-22-38(62-14-6)37(61-13-5)21-29(30)44(51-46)54-42/h17-24H,9-16H2,1-8H3,(H2,49,50,51,52,53,54,55,56). The number of H-pyrrole nitrogens is 2.